The molecule has 0 saturated carbocycles. The van der Waals surface area contributed by atoms with Crippen molar-refractivity contribution in [2.75, 3.05) is 6.61 Å². The summed E-state index contributed by atoms with van der Waals surface area (Å²) in [5.74, 6) is 0. The molecule has 0 radical (unpaired) electrons. The first-order chi connectivity index (χ1) is 12.8. The number of carbonyl (C=O) groups excluding carboxylic acids is 3. The van der Waals surface area contributed by atoms with E-state index in [2.05, 4.69) is 10.6 Å². The monoisotopic (exact) mass is 420 g/mol. The van der Waals surface area contributed by atoms with E-state index in [4.69, 9.17) is 14.6 Å². The van der Waals surface area contributed by atoms with Crippen molar-refractivity contribution in [2.24, 2.45) is 0 Å². The average molecular weight is 421 g/mol. The molecule has 0 aromatic rings. The molecule has 2 amide bonds. The summed E-state index contributed by atoms with van der Waals surface area (Å²) in [6, 6.07) is -0.635. The van der Waals surface area contributed by atoms with Gasteiger partial charge in [0.1, 0.15) is 17.5 Å². The number of aliphatic hydroxyl groups is 1. The largest absolute Gasteiger partial charge is 0.444 e. The van der Waals surface area contributed by atoms with Gasteiger partial charge in [-0.1, -0.05) is 34.1 Å². The van der Waals surface area contributed by atoms with E-state index in [0.717, 1.165) is 25.5 Å². The van der Waals surface area contributed by atoms with Gasteiger partial charge in [-0.25, -0.2) is 9.59 Å². The highest BCUT2D eigenvalue weighted by molar-refractivity contribution is 5.73. The third kappa shape index (κ3) is 22.3. The molecule has 0 aromatic heterocycles. The molecule has 0 aromatic carbocycles. The van der Waals surface area contributed by atoms with Crippen molar-refractivity contribution in [3.05, 3.63) is 0 Å². The Labute approximate surface area is 177 Å². The van der Waals surface area contributed by atoms with E-state index in [1.807, 2.05) is 13.8 Å². The van der Waals surface area contributed by atoms with E-state index < -0.39 is 29.4 Å². The van der Waals surface area contributed by atoms with Gasteiger partial charge in [0.05, 0.1) is 18.7 Å². The number of hydrogen-bond acceptors (Lipinski definition) is 6. The summed E-state index contributed by atoms with van der Waals surface area (Å²) < 4.78 is 10.1. The second kappa shape index (κ2) is 16.0. The van der Waals surface area contributed by atoms with E-state index in [9.17, 15) is 14.4 Å². The lowest BCUT2D eigenvalue weighted by Crippen LogP contribution is -2.40. The van der Waals surface area contributed by atoms with Gasteiger partial charge in [0.15, 0.2) is 0 Å². The zero-order chi connectivity index (χ0) is 22.4. The number of rotatable bonds is 8. The normalized spacial score (nSPS) is 12.9. The van der Waals surface area contributed by atoms with Crippen LogP contribution in [0.15, 0.2) is 0 Å². The first-order valence-electron chi connectivity index (χ1n) is 9.83. The molecule has 0 spiro atoms. The molecule has 0 bridgehead atoms. The minimum atomic E-state index is -0.539. The van der Waals surface area contributed by atoms with Crippen molar-refractivity contribution in [2.45, 2.75) is 112 Å². The lowest BCUT2D eigenvalue weighted by molar-refractivity contribution is -0.109. The fourth-order valence-corrected chi connectivity index (χ4v) is 1.98. The molecule has 0 saturated heterocycles. The van der Waals surface area contributed by atoms with Crippen molar-refractivity contribution in [3.8, 4) is 0 Å². The summed E-state index contributed by atoms with van der Waals surface area (Å²) >= 11 is 0. The number of ether oxygens (including phenoxy) is 2. The number of aliphatic hydroxyl groups excluding tert-OH is 1. The number of aldehydes is 1. The van der Waals surface area contributed by atoms with Crippen LogP contribution in [0.3, 0.4) is 0 Å². The van der Waals surface area contributed by atoms with Crippen molar-refractivity contribution < 1.29 is 29.0 Å². The molecule has 0 heterocycles. The van der Waals surface area contributed by atoms with E-state index in [0.29, 0.717) is 6.42 Å². The van der Waals surface area contributed by atoms with Crippen LogP contribution >= 0.6 is 0 Å². The summed E-state index contributed by atoms with van der Waals surface area (Å²) in [6.45, 7) is 14.7. The van der Waals surface area contributed by atoms with Gasteiger partial charge in [0.25, 0.3) is 0 Å². The van der Waals surface area contributed by atoms with Crippen LogP contribution in [0.5, 0.6) is 0 Å². The van der Waals surface area contributed by atoms with Crippen molar-refractivity contribution in [1.29, 1.82) is 0 Å². The smallest absolute Gasteiger partial charge is 0.408 e. The predicted molar refractivity (Wildman–Crippen MR) is 116 cm³/mol. The van der Waals surface area contributed by atoms with Crippen LogP contribution in [-0.2, 0) is 14.3 Å². The molecule has 174 valence electrons. The number of carbonyl (C=O) groups is 3. The van der Waals surface area contributed by atoms with Gasteiger partial charge in [-0.15, -0.1) is 0 Å². The second-order valence-corrected chi connectivity index (χ2v) is 8.49. The minimum Gasteiger partial charge on any atom is -0.444 e. The Hall–Kier alpha value is -1.83. The summed E-state index contributed by atoms with van der Waals surface area (Å²) in [7, 11) is 0. The van der Waals surface area contributed by atoms with E-state index in [1.165, 1.54) is 0 Å². The summed E-state index contributed by atoms with van der Waals surface area (Å²) in [4.78, 5) is 33.0. The maximum atomic E-state index is 11.3. The summed E-state index contributed by atoms with van der Waals surface area (Å²) in [5, 5.41) is 14.0. The lowest BCUT2D eigenvalue weighted by atomic mass is 10.2. The zero-order valence-electron chi connectivity index (χ0n) is 18.8. The first kappa shape index (κ1) is 31.9. The van der Waals surface area contributed by atoms with Gasteiger partial charge < -0.3 is 30.0 Å². The highest BCUT2D eigenvalue weighted by Crippen LogP contribution is 2.08. The van der Waals surface area contributed by atoms with Gasteiger partial charge in [-0.05, 0) is 54.4 Å². The van der Waals surface area contributed by atoms with Gasteiger partial charge in [-0.3, -0.25) is 0 Å². The SMILES string of the molecule is C.CCCC(C=O)NC(=O)OC(C)(C)C.CCCC(CO)NC(=O)OC(C)(C)C. The summed E-state index contributed by atoms with van der Waals surface area (Å²) in [6.07, 6.45) is 2.89. The molecular weight excluding hydrogens is 376 g/mol. The van der Waals surface area contributed by atoms with E-state index >= 15 is 0 Å². The molecule has 3 N–H and O–H groups in total. The van der Waals surface area contributed by atoms with Gasteiger partial charge in [0, 0.05) is 0 Å². The zero-order valence-corrected chi connectivity index (χ0v) is 18.8. The Kier molecular flexibility index (Phi) is 17.6. The number of hydrogen-bond donors (Lipinski definition) is 3. The quantitative estimate of drug-likeness (QED) is 0.507. The van der Waals surface area contributed by atoms with Crippen LogP contribution in [0, 0.1) is 0 Å². The lowest BCUT2D eigenvalue weighted by Gasteiger charge is -2.22. The number of alkyl carbamates (subject to hydrolysis) is 2. The summed E-state index contributed by atoms with van der Waals surface area (Å²) in [5.41, 5.74) is -1.01. The van der Waals surface area contributed by atoms with Crippen LogP contribution in [0.25, 0.3) is 0 Å². The minimum absolute atomic E-state index is 0. The van der Waals surface area contributed by atoms with Crippen LogP contribution in [0.1, 0.15) is 88.5 Å². The molecule has 0 fully saturated rings. The predicted octanol–water partition coefficient (Wildman–Crippen LogP) is 4.19. The van der Waals surface area contributed by atoms with Crippen LogP contribution < -0.4 is 10.6 Å². The fraction of sp³-hybridized carbons (Fsp3) is 0.857. The van der Waals surface area contributed by atoms with Crippen molar-refractivity contribution in [3.63, 3.8) is 0 Å². The average Bonchev–Trinajstić information content (AvgIpc) is 2.51. The third-order valence-corrected chi connectivity index (χ3v) is 3.04. The fourth-order valence-electron chi connectivity index (χ4n) is 1.98. The van der Waals surface area contributed by atoms with Gasteiger partial charge in [-0.2, -0.15) is 0 Å². The molecule has 2 atom stereocenters. The van der Waals surface area contributed by atoms with Crippen LogP contribution in [0.4, 0.5) is 9.59 Å². The van der Waals surface area contributed by atoms with Crippen molar-refractivity contribution in [1.82, 2.24) is 10.6 Å². The molecule has 0 aliphatic carbocycles. The molecule has 8 heteroatoms. The molecular formula is C21H44N2O6. The Balaban J connectivity index is -0.000000451. The Morgan fingerprint density at radius 2 is 1.31 bits per heavy atom. The van der Waals surface area contributed by atoms with E-state index in [-0.39, 0.29) is 20.1 Å². The third-order valence-electron chi connectivity index (χ3n) is 3.04. The maximum absolute atomic E-state index is 11.3. The highest BCUT2D eigenvalue weighted by atomic mass is 16.6. The molecule has 2 unspecified atom stereocenters. The Morgan fingerprint density at radius 1 is 0.897 bits per heavy atom. The van der Waals surface area contributed by atoms with Crippen LogP contribution in [-0.4, -0.2) is 53.5 Å². The number of amides is 2. The molecule has 8 nitrogen and oxygen atoms in total. The van der Waals surface area contributed by atoms with Gasteiger partial charge >= 0.3 is 12.2 Å². The number of nitrogens with one attached hydrogen (secondary N) is 2. The topological polar surface area (TPSA) is 114 Å². The molecule has 0 aliphatic heterocycles. The highest BCUT2D eigenvalue weighted by Gasteiger charge is 2.19. The first-order valence-corrected chi connectivity index (χ1v) is 9.83. The molecule has 0 aliphatic rings. The van der Waals surface area contributed by atoms with E-state index in [1.54, 1.807) is 41.5 Å². The maximum Gasteiger partial charge on any atom is 0.408 e. The molecule has 0 rings (SSSR count). The van der Waals surface area contributed by atoms with Crippen molar-refractivity contribution >= 4 is 18.5 Å². The van der Waals surface area contributed by atoms with Crippen LogP contribution in [0.2, 0.25) is 0 Å². The Morgan fingerprint density at radius 3 is 1.62 bits per heavy atom. The standard InChI is InChI=1S/C10H21NO3.C10H19NO3.CH4/c2*1-5-6-8(7-12)11-9(13)14-10(2,3)4;/h8,12H,5-7H2,1-4H3,(H,11,13);7-8H,5-6H2,1-4H3,(H,11,13);1H4. The molecule has 29 heavy (non-hydrogen) atoms. The second-order valence-electron chi connectivity index (χ2n) is 8.49. The van der Waals surface area contributed by atoms with Gasteiger partial charge in [0.2, 0.25) is 0 Å². The Bertz CT molecular complexity index is 455.